The second kappa shape index (κ2) is 4.60. The van der Waals surface area contributed by atoms with Crippen molar-refractivity contribution >= 4 is 29.1 Å². The van der Waals surface area contributed by atoms with Crippen molar-refractivity contribution < 1.29 is 0 Å². The lowest BCUT2D eigenvalue weighted by molar-refractivity contribution is 1.41. The molecule has 1 rings (SSSR count). The third-order valence-electron chi connectivity index (χ3n) is 1.39. The molecule has 0 amide bonds. The minimum Gasteiger partial charge on any atom is -0.761 e. The van der Waals surface area contributed by atoms with Gasteiger partial charge in [0.05, 0.1) is 0 Å². The van der Waals surface area contributed by atoms with Crippen LogP contribution in [0.25, 0.3) is 0 Å². The van der Waals surface area contributed by atoms with Crippen molar-refractivity contribution in [2.24, 2.45) is 0 Å². The molecule has 0 aliphatic rings. The Labute approximate surface area is 80.9 Å². The van der Waals surface area contributed by atoms with Crippen molar-refractivity contribution in [1.29, 1.82) is 0 Å². The predicted molar refractivity (Wildman–Crippen MR) is 55.7 cm³/mol. The molecule has 4 heteroatoms. The maximum atomic E-state index is 10.3. The van der Waals surface area contributed by atoms with E-state index in [9.17, 15) is 5.21 Å². The van der Waals surface area contributed by atoms with Gasteiger partial charge < -0.3 is 10.7 Å². The highest BCUT2D eigenvalue weighted by Crippen LogP contribution is 2.21. The number of halogens is 1. The number of anilines is 1. The highest BCUT2D eigenvalue weighted by molar-refractivity contribution is 7.97. The van der Waals surface area contributed by atoms with Crippen molar-refractivity contribution in [1.82, 2.24) is 0 Å². The van der Waals surface area contributed by atoms with Crippen LogP contribution in [0, 0.1) is 5.21 Å². The summed E-state index contributed by atoms with van der Waals surface area (Å²) in [5, 5.41) is 10.9. The zero-order valence-electron chi connectivity index (χ0n) is 6.63. The van der Waals surface area contributed by atoms with Gasteiger partial charge in [-0.25, -0.2) is 0 Å². The fourth-order valence-electron chi connectivity index (χ4n) is 0.959. The first-order valence-electron chi connectivity index (χ1n) is 3.43. The molecule has 12 heavy (non-hydrogen) atoms. The number of nitrogens with one attached hydrogen (secondary N) is 1. The first-order valence-corrected chi connectivity index (χ1v) is 5.20. The van der Waals surface area contributed by atoms with Crippen LogP contribution in [-0.4, -0.2) is 6.26 Å². The Balaban J connectivity index is 2.90. The van der Waals surface area contributed by atoms with Crippen molar-refractivity contribution in [3.05, 3.63) is 34.0 Å². The van der Waals surface area contributed by atoms with Crippen LogP contribution in [0.1, 0.15) is 5.56 Å². The highest BCUT2D eigenvalue weighted by Gasteiger charge is 1.96. The van der Waals surface area contributed by atoms with Crippen LogP contribution in [-0.2, 0) is 5.75 Å². The topological polar surface area (TPSA) is 35.1 Å². The van der Waals surface area contributed by atoms with E-state index < -0.39 is 0 Å². The summed E-state index contributed by atoms with van der Waals surface area (Å²) in [5.41, 5.74) is 3.41. The van der Waals surface area contributed by atoms with Gasteiger partial charge in [-0.3, -0.25) is 0 Å². The smallest absolute Gasteiger partial charge is 0.0429 e. The minimum absolute atomic E-state index is 0.520. The molecule has 0 bridgehead atoms. The number of thioether (sulfide) groups is 1. The molecule has 0 aliphatic heterocycles. The summed E-state index contributed by atoms with van der Waals surface area (Å²) >= 11 is 7.47. The van der Waals surface area contributed by atoms with Gasteiger partial charge in [-0.2, -0.15) is 11.8 Å². The molecule has 0 fully saturated rings. The van der Waals surface area contributed by atoms with Crippen molar-refractivity contribution in [3.8, 4) is 0 Å². The van der Waals surface area contributed by atoms with Crippen LogP contribution < -0.4 is 5.48 Å². The van der Waals surface area contributed by atoms with Crippen LogP contribution in [0.15, 0.2) is 18.2 Å². The summed E-state index contributed by atoms with van der Waals surface area (Å²) in [5.74, 6) is 0.870. The summed E-state index contributed by atoms with van der Waals surface area (Å²) in [6, 6.07) is 5.27. The Morgan fingerprint density at radius 2 is 2.25 bits per heavy atom. The van der Waals surface area contributed by atoms with Crippen LogP contribution in [0.5, 0.6) is 0 Å². The monoisotopic (exact) mass is 202 g/mol. The van der Waals surface area contributed by atoms with E-state index in [0.29, 0.717) is 10.7 Å². The molecular formula is C8H9ClNOS-. The van der Waals surface area contributed by atoms with Gasteiger partial charge in [0.15, 0.2) is 0 Å². The SMILES string of the molecule is CSCc1cc(Cl)cc(N[O-])c1. The van der Waals surface area contributed by atoms with Crippen LogP contribution in [0.4, 0.5) is 5.69 Å². The summed E-state index contributed by atoms with van der Waals surface area (Å²) in [4.78, 5) is 0. The van der Waals surface area contributed by atoms with Gasteiger partial charge in [0.2, 0.25) is 0 Å². The Bertz CT molecular complexity index is 267. The zero-order valence-corrected chi connectivity index (χ0v) is 8.21. The number of hydrogen-bond donors (Lipinski definition) is 1. The molecule has 1 aromatic carbocycles. The number of rotatable bonds is 3. The van der Waals surface area contributed by atoms with Crippen LogP contribution >= 0.6 is 23.4 Å². The van der Waals surface area contributed by atoms with Crippen molar-refractivity contribution in [2.45, 2.75) is 5.75 Å². The largest absolute Gasteiger partial charge is 0.761 e. The molecule has 0 unspecified atom stereocenters. The highest BCUT2D eigenvalue weighted by atomic mass is 35.5. The van der Waals surface area contributed by atoms with E-state index in [1.54, 1.807) is 23.9 Å². The maximum Gasteiger partial charge on any atom is 0.0429 e. The van der Waals surface area contributed by atoms with Gasteiger partial charge in [-0.05, 0) is 30.0 Å². The summed E-state index contributed by atoms with van der Waals surface area (Å²) in [6.07, 6.45) is 2.01. The van der Waals surface area contributed by atoms with E-state index in [1.165, 1.54) is 0 Å². The van der Waals surface area contributed by atoms with E-state index in [0.717, 1.165) is 11.3 Å². The molecule has 0 saturated carbocycles. The fourth-order valence-corrected chi connectivity index (χ4v) is 1.72. The lowest BCUT2D eigenvalue weighted by atomic mass is 10.2. The van der Waals surface area contributed by atoms with Crippen LogP contribution in [0.2, 0.25) is 5.02 Å². The Hall–Kier alpha value is -0.380. The lowest BCUT2D eigenvalue weighted by Gasteiger charge is -2.11. The quantitative estimate of drug-likeness (QED) is 0.765. The molecule has 0 aliphatic carbocycles. The molecule has 0 aromatic heterocycles. The molecule has 0 atom stereocenters. The fraction of sp³-hybridized carbons (Fsp3) is 0.250. The van der Waals surface area contributed by atoms with Gasteiger partial charge in [-0.15, -0.1) is 0 Å². The van der Waals surface area contributed by atoms with Crippen LogP contribution in [0.3, 0.4) is 0 Å². The first kappa shape index (κ1) is 9.71. The lowest BCUT2D eigenvalue weighted by Crippen LogP contribution is -1.87. The van der Waals surface area contributed by atoms with E-state index >= 15 is 0 Å². The number of benzene rings is 1. The third-order valence-corrected chi connectivity index (χ3v) is 2.23. The van der Waals surface area contributed by atoms with E-state index in [4.69, 9.17) is 11.6 Å². The van der Waals surface area contributed by atoms with E-state index in [1.807, 2.05) is 17.8 Å². The summed E-state index contributed by atoms with van der Waals surface area (Å²) in [7, 11) is 0. The maximum absolute atomic E-state index is 10.3. The molecule has 0 radical (unpaired) electrons. The molecule has 0 saturated heterocycles. The molecule has 66 valence electrons. The molecule has 0 spiro atoms. The van der Waals surface area contributed by atoms with Crippen molar-refractivity contribution in [3.63, 3.8) is 0 Å². The molecule has 0 heterocycles. The van der Waals surface area contributed by atoms with Gasteiger partial charge in [0.25, 0.3) is 0 Å². The zero-order chi connectivity index (χ0) is 8.97. The average molecular weight is 203 g/mol. The summed E-state index contributed by atoms with van der Waals surface area (Å²) < 4.78 is 0. The van der Waals surface area contributed by atoms with Gasteiger partial charge >= 0.3 is 0 Å². The predicted octanol–water partition coefficient (Wildman–Crippen LogP) is 3.11. The van der Waals surface area contributed by atoms with Gasteiger partial charge in [-0.1, -0.05) is 11.6 Å². The molecular weight excluding hydrogens is 194 g/mol. The molecule has 1 aromatic rings. The van der Waals surface area contributed by atoms with E-state index in [-0.39, 0.29) is 0 Å². The van der Waals surface area contributed by atoms with Gasteiger partial charge in [0, 0.05) is 16.5 Å². The Kier molecular flexibility index (Phi) is 3.72. The minimum atomic E-state index is 0.520. The van der Waals surface area contributed by atoms with Crippen molar-refractivity contribution in [2.75, 3.05) is 11.7 Å². The number of hydrogen-bond acceptors (Lipinski definition) is 3. The second-order valence-corrected chi connectivity index (χ2v) is 3.69. The summed E-state index contributed by atoms with van der Waals surface area (Å²) in [6.45, 7) is 0. The Morgan fingerprint density at radius 3 is 2.83 bits per heavy atom. The Morgan fingerprint density at radius 1 is 1.50 bits per heavy atom. The standard InChI is InChI=1S/C8H9ClNOS/c1-12-5-6-2-7(9)4-8(3-6)10-11/h2-4,10H,5H2,1H3/q-1. The van der Waals surface area contributed by atoms with Gasteiger partial charge in [0.1, 0.15) is 0 Å². The third kappa shape index (κ3) is 2.59. The normalized spacial score (nSPS) is 9.92. The molecule has 2 nitrogen and oxygen atoms in total. The second-order valence-electron chi connectivity index (χ2n) is 2.38. The average Bonchev–Trinajstić information content (AvgIpc) is 2.04. The molecule has 1 N–H and O–H groups in total. The van der Waals surface area contributed by atoms with E-state index in [2.05, 4.69) is 0 Å². The first-order chi connectivity index (χ1) is 5.76.